The second-order valence-electron chi connectivity index (χ2n) is 5.34. The Kier molecular flexibility index (Phi) is 5.60. The lowest BCUT2D eigenvalue weighted by atomic mass is 10.2. The van der Waals surface area contributed by atoms with E-state index in [1.54, 1.807) is 30.9 Å². The molecule has 0 aliphatic carbocycles. The zero-order valence-corrected chi connectivity index (χ0v) is 13.6. The molecular weight excluding hydrogens is 318 g/mol. The first kappa shape index (κ1) is 16.5. The van der Waals surface area contributed by atoms with Gasteiger partial charge in [-0.05, 0) is 11.6 Å². The third-order valence-electron chi connectivity index (χ3n) is 3.44. The molecule has 0 fully saturated rings. The second-order valence-corrected chi connectivity index (χ2v) is 5.34. The molecule has 2 amide bonds. The summed E-state index contributed by atoms with van der Waals surface area (Å²) in [4.78, 5) is 20.0. The standard InChI is InChI=1S/C18H19N5O2/c24-18(21-9-11-23-10-8-19-14-23)22-16-6-7-20-17(12-16)25-13-15-4-2-1-3-5-15/h1-8,10,12,14H,9,11,13H2,(H2,20,21,22,24). The third-order valence-corrected chi connectivity index (χ3v) is 3.44. The van der Waals surface area contributed by atoms with Crippen LogP contribution in [0.4, 0.5) is 10.5 Å². The Hall–Kier alpha value is -3.35. The fourth-order valence-corrected chi connectivity index (χ4v) is 2.19. The molecule has 3 aromatic rings. The highest BCUT2D eigenvalue weighted by Crippen LogP contribution is 2.15. The average molecular weight is 337 g/mol. The molecule has 0 aliphatic heterocycles. The minimum atomic E-state index is -0.277. The van der Waals surface area contributed by atoms with Gasteiger partial charge in [0, 0.05) is 43.4 Å². The van der Waals surface area contributed by atoms with E-state index in [0.29, 0.717) is 31.3 Å². The van der Waals surface area contributed by atoms with Crippen molar-refractivity contribution < 1.29 is 9.53 Å². The molecule has 7 nitrogen and oxygen atoms in total. The minimum absolute atomic E-state index is 0.277. The predicted molar refractivity (Wildman–Crippen MR) is 94.3 cm³/mol. The van der Waals surface area contributed by atoms with Gasteiger partial charge in [0.05, 0.1) is 6.33 Å². The monoisotopic (exact) mass is 337 g/mol. The minimum Gasteiger partial charge on any atom is -0.473 e. The van der Waals surface area contributed by atoms with Gasteiger partial charge in [-0.2, -0.15) is 0 Å². The maximum absolute atomic E-state index is 11.9. The van der Waals surface area contributed by atoms with E-state index < -0.39 is 0 Å². The van der Waals surface area contributed by atoms with Gasteiger partial charge in [0.15, 0.2) is 0 Å². The lowest BCUT2D eigenvalue weighted by molar-refractivity contribution is 0.251. The molecule has 2 heterocycles. The molecule has 0 unspecified atom stereocenters. The number of amides is 2. The van der Waals surface area contributed by atoms with Gasteiger partial charge < -0.3 is 19.9 Å². The topological polar surface area (TPSA) is 81.1 Å². The Morgan fingerprint density at radius 3 is 2.84 bits per heavy atom. The maximum Gasteiger partial charge on any atom is 0.319 e. The molecule has 0 bridgehead atoms. The van der Waals surface area contributed by atoms with Crippen LogP contribution in [-0.4, -0.2) is 27.1 Å². The number of aromatic nitrogens is 3. The number of urea groups is 1. The molecule has 1 aromatic carbocycles. The van der Waals surface area contributed by atoms with E-state index >= 15 is 0 Å². The second kappa shape index (κ2) is 8.49. The van der Waals surface area contributed by atoms with Gasteiger partial charge in [-0.25, -0.2) is 14.8 Å². The fourth-order valence-electron chi connectivity index (χ4n) is 2.19. The summed E-state index contributed by atoms with van der Waals surface area (Å²) in [6.45, 7) is 1.59. The number of carbonyl (C=O) groups excluding carboxylic acids is 1. The number of nitrogens with zero attached hydrogens (tertiary/aromatic N) is 3. The van der Waals surface area contributed by atoms with Gasteiger partial charge >= 0.3 is 6.03 Å². The molecule has 0 atom stereocenters. The summed E-state index contributed by atoms with van der Waals surface area (Å²) in [5, 5.41) is 5.55. The van der Waals surface area contributed by atoms with Crippen molar-refractivity contribution in [3.05, 3.63) is 72.9 Å². The summed E-state index contributed by atoms with van der Waals surface area (Å²) in [5.41, 5.74) is 1.68. The van der Waals surface area contributed by atoms with Crippen LogP contribution < -0.4 is 15.4 Å². The molecule has 2 N–H and O–H groups in total. The summed E-state index contributed by atoms with van der Waals surface area (Å²) in [7, 11) is 0. The van der Waals surface area contributed by atoms with Crippen molar-refractivity contribution in [1.29, 1.82) is 0 Å². The van der Waals surface area contributed by atoms with E-state index in [1.807, 2.05) is 41.1 Å². The first-order valence-electron chi connectivity index (χ1n) is 7.93. The number of hydrogen-bond donors (Lipinski definition) is 2. The number of hydrogen-bond acceptors (Lipinski definition) is 4. The van der Waals surface area contributed by atoms with Crippen LogP contribution in [0, 0.1) is 0 Å². The summed E-state index contributed by atoms with van der Waals surface area (Å²) < 4.78 is 7.54. The van der Waals surface area contributed by atoms with Crippen LogP contribution in [0.1, 0.15) is 5.56 Å². The van der Waals surface area contributed by atoms with Crippen molar-refractivity contribution in [3.8, 4) is 5.88 Å². The predicted octanol–water partition coefficient (Wildman–Crippen LogP) is 2.68. The molecule has 128 valence electrons. The van der Waals surface area contributed by atoms with Crippen molar-refractivity contribution >= 4 is 11.7 Å². The molecule has 3 rings (SSSR count). The van der Waals surface area contributed by atoms with E-state index in [0.717, 1.165) is 5.56 Å². The molecular formula is C18H19N5O2. The number of anilines is 1. The number of carbonyl (C=O) groups is 1. The number of rotatable bonds is 7. The van der Waals surface area contributed by atoms with Gasteiger partial charge in [-0.3, -0.25) is 0 Å². The van der Waals surface area contributed by atoms with Gasteiger partial charge in [0.1, 0.15) is 6.61 Å². The Morgan fingerprint density at radius 1 is 1.16 bits per heavy atom. The van der Waals surface area contributed by atoms with Crippen LogP contribution in [-0.2, 0) is 13.2 Å². The highest BCUT2D eigenvalue weighted by atomic mass is 16.5. The Morgan fingerprint density at radius 2 is 2.04 bits per heavy atom. The van der Waals surface area contributed by atoms with Crippen LogP contribution in [0.2, 0.25) is 0 Å². The first-order chi connectivity index (χ1) is 12.3. The van der Waals surface area contributed by atoms with Gasteiger partial charge in [0.2, 0.25) is 5.88 Å². The van der Waals surface area contributed by atoms with Crippen LogP contribution in [0.5, 0.6) is 5.88 Å². The van der Waals surface area contributed by atoms with Crippen molar-refractivity contribution in [2.75, 3.05) is 11.9 Å². The van der Waals surface area contributed by atoms with Crippen molar-refractivity contribution in [1.82, 2.24) is 19.9 Å². The number of ether oxygens (including phenoxy) is 1. The molecule has 7 heteroatoms. The van der Waals surface area contributed by atoms with Crippen LogP contribution >= 0.6 is 0 Å². The zero-order valence-electron chi connectivity index (χ0n) is 13.6. The van der Waals surface area contributed by atoms with E-state index in [-0.39, 0.29) is 6.03 Å². The number of pyridine rings is 1. The summed E-state index contributed by atoms with van der Waals surface area (Å²) in [5.74, 6) is 0.458. The largest absolute Gasteiger partial charge is 0.473 e. The SMILES string of the molecule is O=C(NCCn1ccnc1)Nc1ccnc(OCc2ccccc2)c1. The Bertz CT molecular complexity index is 790. The smallest absolute Gasteiger partial charge is 0.319 e. The molecule has 0 saturated carbocycles. The van der Waals surface area contributed by atoms with Crippen LogP contribution in [0.25, 0.3) is 0 Å². The van der Waals surface area contributed by atoms with Crippen molar-refractivity contribution in [2.24, 2.45) is 0 Å². The normalized spacial score (nSPS) is 10.2. The highest BCUT2D eigenvalue weighted by Gasteiger charge is 2.04. The zero-order chi connectivity index (χ0) is 17.3. The van der Waals surface area contributed by atoms with E-state index in [1.165, 1.54) is 0 Å². The molecule has 0 saturated heterocycles. The first-order valence-corrected chi connectivity index (χ1v) is 7.93. The maximum atomic E-state index is 11.9. The molecule has 0 spiro atoms. The van der Waals surface area contributed by atoms with E-state index in [2.05, 4.69) is 20.6 Å². The summed E-state index contributed by atoms with van der Waals surface area (Å²) in [6.07, 6.45) is 6.85. The Balaban J connectivity index is 1.46. The van der Waals surface area contributed by atoms with Gasteiger partial charge in [-0.15, -0.1) is 0 Å². The number of nitrogens with one attached hydrogen (secondary N) is 2. The third kappa shape index (κ3) is 5.35. The average Bonchev–Trinajstić information content (AvgIpc) is 3.15. The van der Waals surface area contributed by atoms with E-state index in [4.69, 9.17) is 4.74 Å². The molecule has 0 radical (unpaired) electrons. The molecule has 25 heavy (non-hydrogen) atoms. The van der Waals surface area contributed by atoms with Gasteiger partial charge in [-0.1, -0.05) is 30.3 Å². The van der Waals surface area contributed by atoms with Crippen LogP contribution in [0.3, 0.4) is 0 Å². The summed E-state index contributed by atoms with van der Waals surface area (Å²) in [6, 6.07) is 13.0. The fraction of sp³-hybridized carbons (Fsp3) is 0.167. The number of benzene rings is 1. The number of imidazole rings is 1. The van der Waals surface area contributed by atoms with Crippen molar-refractivity contribution in [2.45, 2.75) is 13.2 Å². The van der Waals surface area contributed by atoms with Gasteiger partial charge in [0.25, 0.3) is 0 Å². The summed E-state index contributed by atoms with van der Waals surface area (Å²) >= 11 is 0. The lowest BCUT2D eigenvalue weighted by Crippen LogP contribution is -2.31. The Labute approximate surface area is 145 Å². The quantitative estimate of drug-likeness (QED) is 0.694. The molecule has 2 aromatic heterocycles. The van der Waals surface area contributed by atoms with Crippen LogP contribution in [0.15, 0.2) is 67.4 Å². The van der Waals surface area contributed by atoms with Crippen molar-refractivity contribution in [3.63, 3.8) is 0 Å². The molecule has 0 aliphatic rings. The van der Waals surface area contributed by atoms with E-state index in [9.17, 15) is 4.79 Å². The highest BCUT2D eigenvalue weighted by molar-refractivity contribution is 5.89. The lowest BCUT2D eigenvalue weighted by Gasteiger charge is -2.10.